The number of aliphatic hydroxyl groups excluding tert-OH is 1. The maximum absolute atomic E-state index is 10.3. The SMILES string of the molecule is CC(C)C1CCC(O)C(CN(C)Cc2cc(Br)cs2)C1. The summed E-state index contributed by atoms with van der Waals surface area (Å²) in [5.74, 6) is 1.96. The molecule has 1 aromatic heterocycles. The highest BCUT2D eigenvalue weighted by molar-refractivity contribution is 9.10. The van der Waals surface area contributed by atoms with Gasteiger partial charge in [-0.3, -0.25) is 0 Å². The summed E-state index contributed by atoms with van der Waals surface area (Å²) in [5.41, 5.74) is 0. The second-order valence-corrected chi connectivity index (χ2v) is 8.48. The van der Waals surface area contributed by atoms with Gasteiger partial charge in [0.05, 0.1) is 6.10 Å². The summed E-state index contributed by atoms with van der Waals surface area (Å²) in [5, 5.41) is 12.4. The first-order valence-electron chi connectivity index (χ1n) is 7.55. The minimum absolute atomic E-state index is 0.109. The first-order chi connectivity index (χ1) is 9.45. The van der Waals surface area contributed by atoms with Gasteiger partial charge in [-0.2, -0.15) is 0 Å². The molecule has 1 saturated carbocycles. The molecule has 1 fully saturated rings. The van der Waals surface area contributed by atoms with Crippen LogP contribution in [0.25, 0.3) is 0 Å². The second kappa shape index (κ2) is 7.39. The Morgan fingerprint density at radius 3 is 2.80 bits per heavy atom. The Balaban J connectivity index is 1.87. The van der Waals surface area contributed by atoms with Crippen LogP contribution < -0.4 is 0 Å². The molecular formula is C16H26BrNOS. The molecule has 0 spiro atoms. The monoisotopic (exact) mass is 359 g/mol. The van der Waals surface area contributed by atoms with Crippen molar-refractivity contribution in [1.29, 1.82) is 0 Å². The summed E-state index contributed by atoms with van der Waals surface area (Å²) in [6.45, 7) is 6.60. The van der Waals surface area contributed by atoms with Crippen molar-refractivity contribution in [1.82, 2.24) is 4.90 Å². The number of rotatable bonds is 5. The van der Waals surface area contributed by atoms with Crippen molar-refractivity contribution in [3.8, 4) is 0 Å². The number of aliphatic hydroxyl groups is 1. The third kappa shape index (κ3) is 4.55. The van der Waals surface area contributed by atoms with Gasteiger partial charge < -0.3 is 10.0 Å². The van der Waals surface area contributed by atoms with Gasteiger partial charge in [0.1, 0.15) is 0 Å². The summed E-state index contributed by atoms with van der Waals surface area (Å²) >= 11 is 5.30. The molecule has 3 atom stereocenters. The first-order valence-corrected chi connectivity index (χ1v) is 9.22. The molecule has 1 heterocycles. The third-order valence-corrected chi connectivity index (χ3v) is 6.20. The number of nitrogens with zero attached hydrogens (tertiary/aromatic N) is 1. The zero-order chi connectivity index (χ0) is 14.7. The standard InChI is InChI=1S/C16H26BrNOS/c1-11(2)12-4-5-16(19)13(6-12)8-18(3)9-15-7-14(17)10-20-15/h7,10-13,16,19H,4-6,8-9H2,1-3H3. The minimum Gasteiger partial charge on any atom is -0.393 e. The summed E-state index contributed by atoms with van der Waals surface area (Å²) in [6, 6.07) is 2.19. The Morgan fingerprint density at radius 2 is 2.20 bits per heavy atom. The smallest absolute Gasteiger partial charge is 0.0580 e. The second-order valence-electron chi connectivity index (χ2n) is 6.57. The predicted molar refractivity (Wildman–Crippen MR) is 90.0 cm³/mol. The van der Waals surface area contributed by atoms with E-state index in [-0.39, 0.29) is 6.10 Å². The lowest BCUT2D eigenvalue weighted by Crippen LogP contribution is -2.38. The fourth-order valence-corrected chi connectivity index (χ4v) is 4.78. The molecule has 114 valence electrons. The van der Waals surface area contributed by atoms with E-state index in [0.29, 0.717) is 5.92 Å². The van der Waals surface area contributed by atoms with Crippen LogP contribution >= 0.6 is 27.3 Å². The fourth-order valence-electron chi connectivity index (χ4n) is 3.25. The van der Waals surface area contributed by atoms with E-state index < -0.39 is 0 Å². The lowest BCUT2D eigenvalue weighted by molar-refractivity contribution is 0.0215. The van der Waals surface area contributed by atoms with Crippen molar-refractivity contribution in [2.24, 2.45) is 17.8 Å². The normalized spacial score (nSPS) is 27.4. The van der Waals surface area contributed by atoms with E-state index in [0.717, 1.165) is 31.3 Å². The minimum atomic E-state index is -0.109. The molecule has 1 N–H and O–H groups in total. The Kier molecular flexibility index (Phi) is 6.09. The van der Waals surface area contributed by atoms with Gasteiger partial charge in [-0.25, -0.2) is 0 Å². The topological polar surface area (TPSA) is 23.5 Å². The average Bonchev–Trinajstić information content (AvgIpc) is 2.77. The molecule has 2 nitrogen and oxygen atoms in total. The van der Waals surface area contributed by atoms with Crippen LogP contribution in [0.1, 0.15) is 38.0 Å². The van der Waals surface area contributed by atoms with Gasteiger partial charge in [-0.15, -0.1) is 11.3 Å². The number of hydrogen-bond donors (Lipinski definition) is 1. The first kappa shape index (κ1) is 16.5. The molecule has 1 aromatic rings. The molecule has 0 saturated heterocycles. The molecule has 0 aliphatic heterocycles. The summed E-state index contributed by atoms with van der Waals surface area (Å²) in [6.07, 6.45) is 3.24. The largest absolute Gasteiger partial charge is 0.393 e. The Hall–Kier alpha value is 0.1000. The molecule has 1 aliphatic rings. The molecule has 0 radical (unpaired) electrons. The van der Waals surface area contributed by atoms with E-state index >= 15 is 0 Å². The van der Waals surface area contributed by atoms with Gasteiger partial charge in [0.25, 0.3) is 0 Å². The van der Waals surface area contributed by atoms with E-state index in [9.17, 15) is 5.11 Å². The molecule has 4 heteroatoms. The Morgan fingerprint density at radius 1 is 1.45 bits per heavy atom. The summed E-state index contributed by atoms with van der Waals surface area (Å²) in [4.78, 5) is 3.74. The van der Waals surface area contributed by atoms with Crippen molar-refractivity contribution >= 4 is 27.3 Å². The van der Waals surface area contributed by atoms with Crippen molar-refractivity contribution in [3.05, 3.63) is 20.8 Å². The van der Waals surface area contributed by atoms with Gasteiger partial charge in [-0.05, 0) is 66.1 Å². The Labute approximate surface area is 135 Å². The molecule has 0 bridgehead atoms. The molecule has 2 rings (SSSR count). The molecular weight excluding hydrogens is 334 g/mol. The number of hydrogen-bond acceptors (Lipinski definition) is 3. The van der Waals surface area contributed by atoms with Crippen LogP contribution in [0.4, 0.5) is 0 Å². The van der Waals surface area contributed by atoms with Crippen LogP contribution in [0, 0.1) is 17.8 Å². The molecule has 1 aliphatic carbocycles. The predicted octanol–water partition coefficient (Wildman–Crippen LogP) is 4.38. The van der Waals surface area contributed by atoms with Crippen LogP contribution in [0.15, 0.2) is 15.9 Å². The van der Waals surface area contributed by atoms with Crippen LogP contribution in [-0.4, -0.2) is 29.7 Å². The number of thiophene rings is 1. The van der Waals surface area contributed by atoms with Crippen LogP contribution in [0.3, 0.4) is 0 Å². The molecule has 3 unspecified atom stereocenters. The molecule has 20 heavy (non-hydrogen) atoms. The van der Waals surface area contributed by atoms with Crippen molar-refractivity contribution in [3.63, 3.8) is 0 Å². The van der Waals surface area contributed by atoms with E-state index in [1.165, 1.54) is 22.2 Å². The maximum atomic E-state index is 10.3. The van der Waals surface area contributed by atoms with E-state index in [4.69, 9.17) is 0 Å². The van der Waals surface area contributed by atoms with Crippen molar-refractivity contribution in [2.75, 3.05) is 13.6 Å². The van der Waals surface area contributed by atoms with Crippen LogP contribution in [0.2, 0.25) is 0 Å². The van der Waals surface area contributed by atoms with E-state index in [1.54, 1.807) is 11.3 Å². The fraction of sp³-hybridized carbons (Fsp3) is 0.750. The maximum Gasteiger partial charge on any atom is 0.0580 e. The van der Waals surface area contributed by atoms with Crippen LogP contribution in [0.5, 0.6) is 0 Å². The van der Waals surface area contributed by atoms with E-state index in [2.05, 4.69) is 53.2 Å². The number of halogens is 1. The molecule has 0 aromatic carbocycles. The van der Waals surface area contributed by atoms with Crippen molar-refractivity contribution < 1.29 is 5.11 Å². The van der Waals surface area contributed by atoms with Crippen molar-refractivity contribution in [2.45, 2.75) is 45.8 Å². The van der Waals surface area contributed by atoms with E-state index in [1.807, 2.05) is 0 Å². The van der Waals surface area contributed by atoms with Gasteiger partial charge in [0.15, 0.2) is 0 Å². The van der Waals surface area contributed by atoms with Gasteiger partial charge in [0.2, 0.25) is 0 Å². The Bertz CT molecular complexity index is 420. The highest BCUT2D eigenvalue weighted by Gasteiger charge is 2.31. The quantitative estimate of drug-likeness (QED) is 0.843. The van der Waals surface area contributed by atoms with Gasteiger partial charge in [0, 0.05) is 27.8 Å². The van der Waals surface area contributed by atoms with Crippen LogP contribution in [-0.2, 0) is 6.54 Å². The molecule has 0 amide bonds. The zero-order valence-corrected chi connectivity index (χ0v) is 15.1. The average molecular weight is 360 g/mol. The summed E-state index contributed by atoms with van der Waals surface area (Å²) in [7, 11) is 2.17. The summed E-state index contributed by atoms with van der Waals surface area (Å²) < 4.78 is 1.17. The van der Waals surface area contributed by atoms with Gasteiger partial charge in [-0.1, -0.05) is 13.8 Å². The lowest BCUT2D eigenvalue weighted by atomic mass is 9.74. The third-order valence-electron chi connectivity index (χ3n) is 4.52. The lowest BCUT2D eigenvalue weighted by Gasteiger charge is -2.37. The zero-order valence-electron chi connectivity index (χ0n) is 12.7. The highest BCUT2D eigenvalue weighted by atomic mass is 79.9. The van der Waals surface area contributed by atoms with Gasteiger partial charge >= 0.3 is 0 Å². The highest BCUT2D eigenvalue weighted by Crippen LogP contribution is 2.34.